The van der Waals surface area contributed by atoms with Crippen molar-refractivity contribution in [2.75, 3.05) is 0 Å². The molecule has 1 aromatic carbocycles. The summed E-state index contributed by atoms with van der Waals surface area (Å²) in [5, 5.41) is 13.0. The van der Waals surface area contributed by atoms with Crippen LogP contribution in [0.15, 0.2) is 30.6 Å². The van der Waals surface area contributed by atoms with Crippen molar-refractivity contribution in [3.8, 4) is 11.8 Å². The maximum absolute atomic E-state index is 9.08. The highest BCUT2D eigenvalue weighted by molar-refractivity contribution is 6.32. The summed E-state index contributed by atoms with van der Waals surface area (Å²) in [6.45, 7) is 4.86. The summed E-state index contributed by atoms with van der Waals surface area (Å²) in [6, 6.07) is 8.17. The largest absolute Gasteiger partial charge is 0.310 e. The summed E-state index contributed by atoms with van der Waals surface area (Å²) in [7, 11) is 0. The van der Waals surface area contributed by atoms with Gasteiger partial charge >= 0.3 is 0 Å². The van der Waals surface area contributed by atoms with Crippen LogP contribution in [0.5, 0.6) is 0 Å². The standard InChI is InChI=1S/C14H15ClN4/c1-10(2)18-9-11-4-3-5-12(15)14(11)19-7-6-17-13(19)8-16/h3-7,10,18H,9H2,1-2H3. The third kappa shape index (κ3) is 2.95. The van der Waals surface area contributed by atoms with Gasteiger partial charge in [0.15, 0.2) is 0 Å². The Labute approximate surface area is 117 Å². The molecule has 0 saturated carbocycles. The van der Waals surface area contributed by atoms with Crippen molar-refractivity contribution in [3.63, 3.8) is 0 Å². The average Bonchev–Trinajstić information content (AvgIpc) is 2.84. The second kappa shape index (κ2) is 5.87. The minimum absolute atomic E-state index is 0.332. The molecule has 2 aromatic rings. The molecule has 1 N–H and O–H groups in total. The zero-order valence-electron chi connectivity index (χ0n) is 10.9. The molecular formula is C14H15ClN4. The lowest BCUT2D eigenvalue weighted by molar-refractivity contribution is 0.587. The lowest BCUT2D eigenvalue weighted by atomic mass is 10.1. The first-order chi connectivity index (χ1) is 9.13. The lowest BCUT2D eigenvalue weighted by Crippen LogP contribution is -2.22. The molecule has 1 aromatic heterocycles. The number of rotatable bonds is 4. The first-order valence-electron chi connectivity index (χ1n) is 6.08. The quantitative estimate of drug-likeness (QED) is 0.933. The molecule has 1 heterocycles. The number of hydrogen-bond acceptors (Lipinski definition) is 3. The van der Waals surface area contributed by atoms with Crippen molar-refractivity contribution in [1.29, 1.82) is 5.26 Å². The Balaban J connectivity index is 2.47. The SMILES string of the molecule is CC(C)NCc1cccc(Cl)c1-n1ccnc1C#N. The predicted octanol–water partition coefficient (Wildman–Crippen LogP) is 2.90. The maximum Gasteiger partial charge on any atom is 0.217 e. The van der Waals surface area contributed by atoms with Crippen LogP contribution in [-0.2, 0) is 6.54 Å². The van der Waals surface area contributed by atoms with Gasteiger partial charge in [0, 0.05) is 25.0 Å². The Morgan fingerprint density at radius 2 is 2.26 bits per heavy atom. The zero-order valence-corrected chi connectivity index (χ0v) is 11.6. The summed E-state index contributed by atoms with van der Waals surface area (Å²) >= 11 is 6.28. The molecule has 0 saturated heterocycles. The van der Waals surface area contributed by atoms with Crippen molar-refractivity contribution < 1.29 is 0 Å². The molecule has 0 bridgehead atoms. The van der Waals surface area contributed by atoms with Crippen LogP contribution in [0.3, 0.4) is 0 Å². The Kier molecular flexibility index (Phi) is 4.20. The molecule has 0 unspecified atom stereocenters. The van der Waals surface area contributed by atoms with Crippen molar-refractivity contribution in [1.82, 2.24) is 14.9 Å². The Hall–Kier alpha value is -1.83. The number of benzene rings is 1. The molecule has 4 nitrogen and oxygen atoms in total. The van der Waals surface area contributed by atoms with Crippen LogP contribution in [0, 0.1) is 11.3 Å². The van der Waals surface area contributed by atoms with Crippen molar-refractivity contribution in [2.24, 2.45) is 0 Å². The zero-order chi connectivity index (χ0) is 13.8. The monoisotopic (exact) mass is 274 g/mol. The van der Waals surface area contributed by atoms with E-state index in [0.717, 1.165) is 11.3 Å². The van der Waals surface area contributed by atoms with E-state index in [1.54, 1.807) is 17.0 Å². The van der Waals surface area contributed by atoms with Crippen LogP contribution >= 0.6 is 11.6 Å². The van der Waals surface area contributed by atoms with Gasteiger partial charge in [-0.25, -0.2) is 4.98 Å². The summed E-state index contributed by atoms with van der Waals surface area (Å²) < 4.78 is 1.72. The van der Waals surface area contributed by atoms with Gasteiger partial charge in [0.1, 0.15) is 6.07 Å². The molecule has 0 aliphatic carbocycles. The summed E-state index contributed by atoms with van der Waals surface area (Å²) in [5.74, 6) is 0.332. The van der Waals surface area contributed by atoms with Crippen LogP contribution in [0.2, 0.25) is 5.02 Å². The number of imidazole rings is 1. The molecule has 0 atom stereocenters. The number of nitriles is 1. The van der Waals surface area contributed by atoms with E-state index in [-0.39, 0.29) is 0 Å². The van der Waals surface area contributed by atoms with Crippen LogP contribution < -0.4 is 5.32 Å². The van der Waals surface area contributed by atoms with Crippen molar-refractivity contribution in [2.45, 2.75) is 26.4 Å². The van der Waals surface area contributed by atoms with E-state index in [0.29, 0.717) is 23.4 Å². The molecule has 19 heavy (non-hydrogen) atoms. The van der Waals surface area contributed by atoms with E-state index in [2.05, 4.69) is 30.2 Å². The van der Waals surface area contributed by atoms with E-state index in [9.17, 15) is 0 Å². The van der Waals surface area contributed by atoms with Crippen LogP contribution in [0.25, 0.3) is 5.69 Å². The number of para-hydroxylation sites is 1. The van der Waals surface area contributed by atoms with E-state index in [4.69, 9.17) is 16.9 Å². The second-order valence-electron chi connectivity index (χ2n) is 4.52. The van der Waals surface area contributed by atoms with E-state index >= 15 is 0 Å². The van der Waals surface area contributed by atoms with Gasteiger partial charge in [-0.05, 0) is 11.6 Å². The fourth-order valence-electron chi connectivity index (χ4n) is 1.85. The first-order valence-corrected chi connectivity index (χ1v) is 6.46. The third-order valence-electron chi connectivity index (χ3n) is 2.75. The summed E-state index contributed by atoms with van der Waals surface area (Å²) in [5.41, 5.74) is 1.85. The fourth-order valence-corrected chi connectivity index (χ4v) is 2.14. The Bertz CT molecular complexity index is 610. The van der Waals surface area contributed by atoms with Crippen molar-refractivity contribution in [3.05, 3.63) is 47.0 Å². The highest BCUT2D eigenvalue weighted by Gasteiger charge is 2.12. The van der Waals surface area contributed by atoms with Gasteiger partial charge in [-0.2, -0.15) is 5.26 Å². The Morgan fingerprint density at radius 3 is 2.95 bits per heavy atom. The molecule has 98 valence electrons. The number of hydrogen-bond donors (Lipinski definition) is 1. The molecule has 0 amide bonds. The molecular weight excluding hydrogens is 260 g/mol. The van der Waals surface area contributed by atoms with E-state index in [1.807, 2.05) is 18.2 Å². The minimum atomic E-state index is 0.332. The van der Waals surface area contributed by atoms with Gasteiger partial charge in [-0.1, -0.05) is 37.6 Å². The normalized spacial score (nSPS) is 10.7. The molecule has 2 rings (SSSR count). The van der Waals surface area contributed by atoms with Crippen LogP contribution in [-0.4, -0.2) is 15.6 Å². The van der Waals surface area contributed by atoms with Crippen molar-refractivity contribution >= 4 is 11.6 Å². The lowest BCUT2D eigenvalue weighted by Gasteiger charge is -2.15. The topological polar surface area (TPSA) is 53.6 Å². The van der Waals surface area contributed by atoms with Gasteiger partial charge in [0.05, 0.1) is 10.7 Å². The maximum atomic E-state index is 9.08. The second-order valence-corrected chi connectivity index (χ2v) is 4.92. The third-order valence-corrected chi connectivity index (χ3v) is 3.06. The van der Waals surface area contributed by atoms with Gasteiger partial charge in [0.25, 0.3) is 0 Å². The average molecular weight is 275 g/mol. The summed E-state index contributed by atoms with van der Waals surface area (Å²) in [6.07, 6.45) is 3.35. The molecule has 0 aliphatic heterocycles. The number of nitrogens with zero attached hydrogens (tertiary/aromatic N) is 3. The molecule has 5 heteroatoms. The predicted molar refractivity (Wildman–Crippen MR) is 75.3 cm³/mol. The van der Waals surface area contributed by atoms with Gasteiger partial charge in [0.2, 0.25) is 5.82 Å². The van der Waals surface area contributed by atoms with Gasteiger partial charge in [-0.15, -0.1) is 0 Å². The van der Waals surface area contributed by atoms with Crippen LogP contribution in [0.1, 0.15) is 25.2 Å². The van der Waals surface area contributed by atoms with E-state index in [1.165, 1.54) is 0 Å². The molecule has 0 aliphatic rings. The number of nitrogens with one attached hydrogen (secondary N) is 1. The Morgan fingerprint density at radius 1 is 1.47 bits per heavy atom. The number of aromatic nitrogens is 2. The minimum Gasteiger partial charge on any atom is -0.310 e. The molecule has 0 radical (unpaired) electrons. The smallest absolute Gasteiger partial charge is 0.217 e. The highest BCUT2D eigenvalue weighted by Crippen LogP contribution is 2.25. The molecule has 0 fully saturated rings. The number of halogens is 1. The first kappa shape index (κ1) is 13.6. The van der Waals surface area contributed by atoms with E-state index < -0.39 is 0 Å². The fraction of sp³-hybridized carbons (Fsp3) is 0.286. The van der Waals surface area contributed by atoms with Gasteiger partial charge in [-0.3, -0.25) is 4.57 Å². The highest BCUT2D eigenvalue weighted by atomic mass is 35.5. The summed E-state index contributed by atoms with van der Waals surface area (Å²) in [4.78, 5) is 4.01. The van der Waals surface area contributed by atoms with Gasteiger partial charge < -0.3 is 5.32 Å². The molecule has 0 spiro atoms. The van der Waals surface area contributed by atoms with Crippen LogP contribution in [0.4, 0.5) is 0 Å².